The van der Waals surface area contributed by atoms with Gasteiger partial charge >= 0.3 is 0 Å². The lowest BCUT2D eigenvalue weighted by atomic mass is 9.84. The van der Waals surface area contributed by atoms with Crippen molar-refractivity contribution in [2.24, 2.45) is 5.92 Å². The summed E-state index contributed by atoms with van der Waals surface area (Å²) in [6.07, 6.45) is 5.95. The van der Waals surface area contributed by atoms with Crippen LogP contribution < -0.4 is 4.90 Å². The summed E-state index contributed by atoms with van der Waals surface area (Å²) < 4.78 is 0. The quantitative estimate of drug-likeness (QED) is 0.739. The summed E-state index contributed by atoms with van der Waals surface area (Å²) in [5.41, 5.74) is 1.09. The average Bonchev–Trinajstić information content (AvgIpc) is 2.16. The molecule has 0 spiro atoms. The van der Waals surface area contributed by atoms with Gasteiger partial charge in [0.1, 0.15) is 0 Å². The van der Waals surface area contributed by atoms with Crippen LogP contribution in [0, 0.1) is 12.8 Å². The minimum absolute atomic E-state index is 0.391. The Morgan fingerprint density at radius 1 is 1.40 bits per heavy atom. The predicted molar refractivity (Wildman–Crippen MR) is 62.4 cm³/mol. The second kappa shape index (κ2) is 4.35. The number of hydrogen-bond donors (Lipinski definition) is 0. The van der Waals surface area contributed by atoms with Crippen molar-refractivity contribution < 1.29 is 0 Å². The molecule has 3 nitrogen and oxygen atoms in total. The number of anilines is 1. The van der Waals surface area contributed by atoms with Crippen LogP contribution in [0.15, 0.2) is 12.4 Å². The van der Waals surface area contributed by atoms with Crippen molar-refractivity contribution in [3.8, 4) is 0 Å². The van der Waals surface area contributed by atoms with Crippen molar-refractivity contribution in [2.45, 2.75) is 25.1 Å². The number of hydrogen-bond acceptors (Lipinski definition) is 3. The topological polar surface area (TPSA) is 29.0 Å². The van der Waals surface area contributed by atoms with Gasteiger partial charge in [0.05, 0.1) is 0 Å². The van der Waals surface area contributed by atoms with Gasteiger partial charge in [-0.05, 0) is 31.2 Å². The Balaban J connectivity index is 1.90. The third-order valence-electron chi connectivity index (χ3n) is 2.82. The Bertz CT molecular complexity index is 319. The van der Waals surface area contributed by atoms with Crippen molar-refractivity contribution in [1.82, 2.24) is 9.97 Å². The van der Waals surface area contributed by atoms with Crippen LogP contribution in [0.5, 0.6) is 0 Å². The van der Waals surface area contributed by atoms with E-state index < -0.39 is 0 Å². The van der Waals surface area contributed by atoms with E-state index >= 15 is 0 Å². The number of aryl methyl sites for hydroxylation is 1. The van der Waals surface area contributed by atoms with E-state index in [2.05, 4.69) is 14.9 Å². The molecule has 1 aromatic rings. The smallest absolute Gasteiger partial charge is 0.224 e. The monoisotopic (exact) mass is 225 g/mol. The van der Waals surface area contributed by atoms with Crippen LogP contribution in [0.25, 0.3) is 0 Å². The minimum atomic E-state index is 0.391. The van der Waals surface area contributed by atoms with Gasteiger partial charge in [0, 0.05) is 31.4 Å². The molecule has 1 saturated carbocycles. The second-order valence-electron chi connectivity index (χ2n) is 4.38. The van der Waals surface area contributed by atoms with E-state index in [-0.39, 0.29) is 0 Å². The molecular formula is C11H16ClN3. The maximum Gasteiger partial charge on any atom is 0.224 e. The highest BCUT2D eigenvalue weighted by Gasteiger charge is 2.28. The van der Waals surface area contributed by atoms with E-state index in [1.807, 2.05) is 26.4 Å². The molecule has 0 atom stereocenters. The lowest BCUT2D eigenvalue weighted by Gasteiger charge is -2.34. The molecule has 1 aromatic heterocycles. The van der Waals surface area contributed by atoms with E-state index in [1.165, 1.54) is 0 Å². The Labute approximate surface area is 95.5 Å². The molecule has 2 rings (SSSR count). The highest BCUT2D eigenvalue weighted by Crippen LogP contribution is 2.32. The van der Waals surface area contributed by atoms with Gasteiger partial charge in [-0.1, -0.05) is 0 Å². The number of nitrogens with zero attached hydrogens (tertiary/aromatic N) is 3. The summed E-state index contributed by atoms with van der Waals surface area (Å²) in [5.74, 6) is 1.51. The van der Waals surface area contributed by atoms with Gasteiger partial charge in [0.15, 0.2) is 0 Å². The molecule has 1 fully saturated rings. The number of alkyl halides is 1. The normalized spacial score (nSPS) is 24.7. The number of aromatic nitrogens is 2. The predicted octanol–water partition coefficient (Wildman–Crippen LogP) is 2.24. The molecule has 1 heterocycles. The molecule has 0 saturated heterocycles. The molecule has 0 radical (unpaired) electrons. The van der Waals surface area contributed by atoms with Crippen molar-refractivity contribution >= 4 is 17.5 Å². The van der Waals surface area contributed by atoms with Gasteiger partial charge in [-0.15, -0.1) is 11.6 Å². The summed E-state index contributed by atoms with van der Waals surface area (Å²) in [4.78, 5) is 10.7. The first kappa shape index (κ1) is 10.7. The van der Waals surface area contributed by atoms with Gasteiger partial charge in [-0.25, -0.2) is 9.97 Å². The minimum Gasteiger partial charge on any atom is -0.344 e. The molecule has 0 N–H and O–H groups in total. The SMILES string of the molecule is Cc1cnc(N(C)CC2CC(Cl)C2)nc1. The van der Waals surface area contributed by atoms with Crippen LogP contribution in [0.4, 0.5) is 5.95 Å². The van der Waals surface area contributed by atoms with Gasteiger partial charge in [0.25, 0.3) is 0 Å². The first-order chi connectivity index (χ1) is 7.15. The summed E-state index contributed by atoms with van der Waals surface area (Å²) in [7, 11) is 2.03. The average molecular weight is 226 g/mol. The van der Waals surface area contributed by atoms with E-state index in [1.54, 1.807) is 0 Å². The lowest BCUT2D eigenvalue weighted by Crippen LogP contribution is -2.35. The summed E-state index contributed by atoms with van der Waals surface area (Å²) in [6, 6.07) is 0. The Morgan fingerprint density at radius 3 is 2.53 bits per heavy atom. The molecular weight excluding hydrogens is 210 g/mol. The Hall–Kier alpha value is -0.830. The molecule has 0 bridgehead atoms. The van der Waals surface area contributed by atoms with Crippen molar-refractivity contribution in [1.29, 1.82) is 0 Å². The van der Waals surface area contributed by atoms with Crippen LogP contribution in [-0.2, 0) is 0 Å². The Morgan fingerprint density at radius 2 is 2.00 bits per heavy atom. The molecule has 0 unspecified atom stereocenters. The fourth-order valence-electron chi connectivity index (χ4n) is 1.86. The molecule has 82 valence electrons. The van der Waals surface area contributed by atoms with Gasteiger partial charge in [-0.2, -0.15) is 0 Å². The maximum absolute atomic E-state index is 5.94. The van der Waals surface area contributed by atoms with E-state index in [4.69, 9.17) is 11.6 Å². The largest absolute Gasteiger partial charge is 0.344 e. The first-order valence-corrected chi connectivity index (χ1v) is 5.72. The molecule has 0 aliphatic heterocycles. The van der Waals surface area contributed by atoms with Crippen LogP contribution in [0.2, 0.25) is 0 Å². The molecule has 0 aromatic carbocycles. The molecule has 1 aliphatic rings. The Kier molecular flexibility index (Phi) is 3.10. The molecule has 0 amide bonds. The van der Waals surface area contributed by atoms with Crippen LogP contribution >= 0.6 is 11.6 Å². The fourth-order valence-corrected chi connectivity index (χ4v) is 2.36. The van der Waals surface area contributed by atoms with Crippen LogP contribution in [-0.4, -0.2) is 28.9 Å². The van der Waals surface area contributed by atoms with Crippen molar-refractivity contribution in [3.63, 3.8) is 0 Å². The summed E-state index contributed by atoms with van der Waals surface area (Å²) in [5, 5.41) is 0.391. The maximum atomic E-state index is 5.94. The van der Waals surface area contributed by atoms with Crippen LogP contribution in [0.1, 0.15) is 18.4 Å². The fraction of sp³-hybridized carbons (Fsp3) is 0.636. The van der Waals surface area contributed by atoms with Crippen LogP contribution in [0.3, 0.4) is 0 Å². The zero-order valence-corrected chi connectivity index (χ0v) is 9.91. The highest BCUT2D eigenvalue weighted by molar-refractivity contribution is 6.21. The van der Waals surface area contributed by atoms with Gasteiger partial charge < -0.3 is 4.90 Å². The second-order valence-corrected chi connectivity index (χ2v) is 4.99. The summed E-state index contributed by atoms with van der Waals surface area (Å²) in [6.45, 7) is 3.00. The molecule has 1 aliphatic carbocycles. The van der Waals surface area contributed by atoms with E-state index in [0.29, 0.717) is 11.3 Å². The molecule has 15 heavy (non-hydrogen) atoms. The third-order valence-corrected chi connectivity index (χ3v) is 3.18. The van der Waals surface area contributed by atoms with E-state index in [9.17, 15) is 0 Å². The summed E-state index contributed by atoms with van der Waals surface area (Å²) >= 11 is 5.94. The lowest BCUT2D eigenvalue weighted by molar-refractivity contribution is 0.328. The van der Waals surface area contributed by atoms with Gasteiger partial charge in [0.2, 0.25) is 5.95 Å². The van der Waals surface area contributed by atoms with Crippen molar-refractivity contribution in [3.05, 3.63) is 18.0 Å². The first-order valence-electron chi connectivity index (χ1n) is 5.29. The number of rotatable bonds is 3. The zero-order valence-electron chi connectivity index (χ0n) is 9.15. The highest BCUT2D eigenvalue weighted by atomic mass is 35.5. The number of halogens is 1. The third kappa shape index (κ3) is 2.59. The van der Waals surface area contributed by atoms with E-state index in [0.717, 1.165) is 30.9 Å². The van der Waals surface area contributed by atoms with Gasteiger partial charge in [-0.3, -0.25) is 0 Å². The zero-order chi connectivity index (χ0) is 10.8. The molecule has 4 heteroatoms. The van der Waals surface area contributed by atoms with Crippen molar-refractivity contribution in [2.75, 3.05) is 18.5 Å². The standard InChI is InChI=1S/C11H16ClN3/c1-8-5-13-11(14-6-8)15(2)7-9-3-10(12)4-9/h5-6,9-10H,3-4,7H2,1-2H3.